The summed E-state index contributed by atoms with van der Waals surface area (Å²) in [4.78, 5) is 12.0. The van der Waals surface area contributed by atoms with Crippen molar-refractivity contribution in [3.05, 3.63) is 72.6 Å². The van der Waals surface area contributed by atoms with Crippen LogP contribution in [0.4, 0.5) is 0 Å². The van der Waals surface area contributed by atoms with Crippen LogP contribution < -0.4 is 14.8 Å². The van der Waals surface area contributed by atoms with Crippen LogP contribution >= 0.6 is 0 Å². The fourth-order valence-electron chi connectivity index (χ4n) is 2.45. The molecule has 3 aromatic rings. The maximum Gasteiger partial charge on any atom is 0.223 e. The molecule has 1 heterocycles. The van der Waals surface area contributed by atoms with Crippen molar-refractivity contribution in [2.45, 2.75) is 13.0 Å². The molecule has 2 aromatic carbocycles. The molecule has 0 saturated carbocycles. The van der Waals surface area contributed by atoms with Crippen molar-refractivity contribution in [3.8, 4) is 17.2 Å². The van der Waals surface area contributed by atoms with Gasteiger partial charge < -0.3 is 14.8 Å². The minimum Gasteiger partial charge on any atom is -0.493 e. The fourth-order valence-corrected chi connectivity index (χ4v) is 2.45. The van der Waals surface area contributed by atoms with Crippen LogP contribution in [-0.2, 0) is 11.3 Å². The Labute approximate surface area is 152 Å². The van der Waals surface area contributed by atoms with Gasteiger partial charge in [-0.25, -0.2) is 4.68 Å². The lowest BCUT2D eigenvalue weighted by atomic mass is 10.3. The van der Waals surface area contributed by atoms with Crippen LogP contribution in [0.2, 0.25) is 0 Å². The number of nitrogens with one attached hydrogen (secondary N) is 1. The van der Waals surface area contributed by atoms with Gasteiger partial charge in [0.15, 0.2) is 11.5 Å². The van der Waals surface area contributed by atoms with Crippen LogP contribution in [0.15, 0.2) is 67.0 Å². The van der Waals surface area contributed by atoms with Crippen molar-refractivity contribution in [1.82, 2.24) is 15.1 Å². The van der Waals surface area contributed by atoms with Gasteiger partial charge >= 0.3 is 0 Å². The highest BCUT2D eigenvalue weighted by Gasteiger charge is 2.06. The maximum atomic E-state index is 12.0. The van der Waals surface area contributed by atoms with Crippen molar-refractivity contribution >= 4 is 5.91 Å². The van der Waals surface area contributed by atoms with Gasteiger partial charge in [0.1, 0.15) is 0 Å². The first-order valence-corrected chi connectivity index (χ1v) is 8.38. The highest BCUT2D eigenvalue weighted by molar-refractivity contribution is 5.76. The largest absolute Gasteiger partial charge is 0.493 e. The summed E-state index contributed by atoms with van der Waals surface area (Å²) in [5.41, 5.74) is 1.92. The Hall–Kier alpha value is -3.28. The zero-order chi connectivity index (χ0) is 18.2. The summed E-state index contributed by atoms with van der Waals surface area (Å²) in [6.45, 7) is 0.718. The molecule has 0 aliphatic heterocycles. The molecule has 0 radical (unpaired) electrons. The summed E-state index contributed by atoms with van der Waals surface area (Å²) in [5.74, 6) is 1.21. The smallest absolute Gasteiger partial charge is 0.223 e. The molecule has 0 aliphatic rings. The molecule has 1 aromatic heterocycles. The number of benzene rings is 2. The van der Waals surface area contributed by atoms with E-state index in [-0.39, 0.29) is 18.9 Å². The van der Waals surface area contributed by atoms with Crippen LogP contribution in [0, 0.1) is 0 Å². The number of amides is 1. The molecule has 1 amide bonds. The van der Waals surface area contributed by atoms with Crippen LogP contribution in [0.3, 0.4) is 0 Å². The van der Waals surface area contributed by atoms with Gasteiger partial charge in [-0.05, 0) is 24.3 Å². The average molecular weight is 351 g/mol. The number of aromatic nitrogens is 2. The van der Waals surface area contributed by atoms with Gasteiger partial charge in [0, 0.05) is 18.3 Å². The summed E-state index contributed by atoms with van der Waals surface area (Å²) < 4.78 is 12.6. The number of carbonyl (C=O) groups is 1. The first-order chi connectivity index (χ1) is 12.8. The Morgan fingerprint density at radius 3 is 2.58 bits per heavy atom. The van der Waals surface area contributed by atoms with E-state index in [1.165, 1.54) is 0 Å². The lowest BCUT2D eigenvalue weighted by Crippen LogP contribution is -2.24. The number of para-hydroxylation sites is 3. The minimum absolute atomic E-state index is 0.0765. The van der Waals surface area contributed by atoms with Crippen molar-refractivity contribution in [2.75, 3.05) is 13.7 Å². The standard InChI is InChI=1S/C20H21N3O3/c1-25-18-9-5-6-10-19(18)26-12-11-20(24)21-13-16-14-22-23(15-16)17-7-3-2-4-8-17/h2-10,14-15H,11-13H2,1H3,(H,21,24). The van der Waals surface area contributed by atoms with Crippen LogP contribution in [0.25, 0.3) is 5.69 Å². The van der Waals surface area contributed by atoms with E-state index < -0.39 is 0 Å². The Morgan fingerprint density at radius 2 is 1.81 bits per heavy atom. The normalized spacial score (nSPS) is 10.3. The van der Waals surface area contributed by atoms with Gasteiger partial charge in [-0.3, -0.25) is 4.79 Å². The molecular formula is C20H21N3O3. The van der Waals surface area contributed by atoms with Crippen molar-refractivity contribution in [3.63, 3.8) is 0 Å². The van der Waals surface area contributed by atoms with E-state index in [1.807, 2.05) is 60.8 Å². The van der Waals surface area contributed by atoms with Crippen molar-refractivity contribution in [1.29, 1.82) is 0 Å². The third-order valence-corrected chi connectivity index (χ3v) is 3.80. The van der Waals surface area contributed by atoms with E-state index in [2.05, 4.69) is 10.4 Å². The zero-order valence-corrected chi connectivity index (χ0v) is 14.6. The average Bonchev–Trinajstić information content (AvgIpc) is 3.16. The second-order valence-corrected chi connectivity index (χ2v) is 5.65. The lowest BCUT2D eigenvalue weighted by Gasteiger charge is -2.10. The van der Waals surface area contributed by atoms with Crippen LogP contribution in [0.5, 0.6) is 11.5 Å². The van der Waals surface area contributed by atoms with E-state index in [0.717, 1.165) is 11.3 Å². The molecule has 0 atom stereocenters. The van der Waals surface area contributed by atoms with Crippen molar-refractivity contribution < 1.29 is 14.3 Å². The van der Waals surface area contributed by atoms with Gasteiger partial charge in [0.2, 0.25) is 5.91 Å². The zero-order valence-electron chi connectivity index (χ0n) is 14.6. The van der Waals surface area contributed by atoms with E-state index in [0.29, 0.717) is 18.0 Å². The molecule has 6 heteroatoms. The molecule has 0 saturated heterocycles. The number of hydrogen-bond acceptors (Lipinski definition) is 4. The van der Waals surface area contributed by atoms with Crippen LogP contribution in [-0.4, -0.2) is 29.4 Å². The van der Waals surface area contributed by atoms with E-state index in [1.54, 1.807) is 18.0 Å². The summed E-state index contributed by atoms with van der Waals surface area (Å²) >= 11 is 0. The Kier molecular flexibility index (Phi) is 5.88. The Morgan fingerprint density at radius 1 is 1.08 bits per heavy atom. The summed E-state index contributed by atoms with van der Waals surface area (Å²) in [5, 5.41) is 7.19. The molecule has 0 fully saturated rings. The Balaban J connectivity index is 1.44. The molecule has 26 heavy (non-hydrogen) atoms. The third kappa shape index (κ3) is 4.63. The first-order valence-electron chi connectivity index (χ1n) is 8.38. The summed E-state index contributed by atoms with van der Waals surface area (Å²) in [7, 11) is 1.59. The Bertz CT molecular complexity index is 846. The van der Waals surface area contributed by atoms with Gasteiger partial charge in [0.25, 0.3) is 0 Å². The first kappa shape index (κ1) is 17.5. The highest BCUT2D eigenvalue weighted by Crippen LogP contribution is 2.25. The molecular weight excluding hydrogens is 330 g/mol. The fraction of sp³-hybridized carbons (Fsp3) is 0.200. The quantitative estimate of drug-likeness (QED) is 0.678. The number of carbonyl (C=O) groups excluding carboxylic acids is 1. The topological polar surface area (TPSA) is 65.4 Å². The number of methoxy groups -OCH3 is 1. The summed E-state index contributed by atoms with van der Waals surface area (Å²) in [6.07, 6.45) is 3.92. The minimum atomic E-state index is -0.0765. The molecule has 3 rings (SSSR count). The molecule has 0 bridgehead atoms. The van der Waals surface area contributed by atoms with Gasteiger partial charge in [-0.15, -0.1) is 0 Å². The van der Waals surface area contributed by atoms with E-state index in [4.69, 9.17) is 9.47 Å². The molecule has 6 nitrogen and oxygen atoms in total. The lowest BCUT2D eigenvalue weighted by molar-refractivity contribution is -0.121. The second-order valence-electron chi connectivity index (χ2n) is 5.65. The van der Waals surface area contributed by atoms with E-state index >= 15 is 0 Å². The number of rotatable bonds is 8. The molecule has 134 valence electrons. The van der Waals surface area contributed by atoms with Gasteiger partial charge in [0.05, 0.1) is 32.0 Å². The third-order valence-electron chi connectivity index (χ3n) is 3.80. The molecule has 0 aliphatic carbocycles. The maximum absolute atomic E-state index is 12.0. The monoisotopic (exact) mass is 351 g/mol. The van der Waals surface area contributed by atoms with Gasteiger partial charge in [-0.2, -0.15) is 5.10 Å². The number of ether oxygens (including phenoxy) is 2. The molecule has 1 N–H and O–H groups in total. The molecule has 0 spiro atoms. The predicted molar refractivity (Wildman–Crippen MR) is 98.5 cm³/mol. The number of nitrogens with zero attached hydrogens (tertiary/aromatic N) is 2. The number of hydrogen-bond donors (Lipinski definition) is 1. The molecule has 0 unspecified atom stereocenters. The summed E-state index contributed by atoms with van der Waals surface area (Å²) in [6, 6.07) is 17.2. The highest BCUT2D eigenvalue weighted by atomic mass is 16.5. The second kappa shape index (κ2) is 8.71. The van der Waals surface area contributed by atoms with Gasteiger partial charge in [-0.1, -0.05) is 30.3 Å². The van der Waals surface area contributed by atoms with Crippen molar-refractivity contribution in [2.24, 2.45) is 0 Å². The van der Waals surface area contributed by atoms with E-state index in [9.17, 15) is 4.79 Å². The SMILES string of the molecule is COc1ccccc1OCCC(=O)NCc1cnn(-c2ccccc2)c1. The van der Waals surface area contributed by atoms with Crippen LogP contribution in [0.1, 0.15) is 12.0 Å². The predicted octanol–water partition coefficient (Wildman–Crippen LogP) is 2.97.